The zero-order valence-electron chi connectivity index (χ0n) is 7.49. The Morgan fingerprint density at radius 3 is 2.85 bits per heavy atom. The molecule has 0 N–H and O–H groups in total. The van der Waals surface area contributed by atoms with Gasteiger partial charge in [0, 0.05) is 30.3 Å². The summed E-state index contributed by atoms with van der Waals surface area (Å²) in [5.74, 6) is 0. The molecule has 2 heterocycles. The van der Waals surface area contributed by atoms with Crippen molar-refractivity contribution in [1.29, 1.82) is 0 Å². The van der Waals surface area contributed by atoms with E-state index in [1.54, 1.807) is 0 Å². The molecule has 0 aliphatic carbocycles. The van der Waals surface area contributed by atoms with Crippen molar-refractivity contribution in [2.75, 3.05) is 13.1 Å². The van der Waals surface area contributed by atoms with Gasteiger partial charge in [-0.2, -0.15) is 0 Å². The molecule has 3 heteroatoms. The molecule has 1 saturated heterocycles. The summed E-state index contributed by atoms with van der Waals surface area (Å²) in [6.45, 7) is 3.44. The average Bonchev–Trinajstić information content (AvgIpc) is 2.53. The van der Waals surface area contributed by atoms with Crippen molar-refractivity contribution in [3.05, 3.63) is 30.1 Å². The Labute approximate surface area is 87.1 Å². The van der Waals surface area contributed by atoms with Gasteiger partial charge in [0.1, 0.15) is 0 Å². The van der Waals surface area contributed by atoms with Gasteiger partial charge in [-0.15, -0.1) is 0 Å². The minimum Gasteiger partial charge on any atom is -0.298 e. The van der Waals surface area contributed by atoms with Gasteiger partial charge in [0.25, 0.3) is 0 Å². The van der Waals surface area contributed by atoms with E-state index in [0.717, 1.165) is 6.54 Å². The van der Waals surface area contributed by atoms with E-state index in [2.05, 4.69) is 37.9 Å². The first kappa shape index (κ1) is 9.16. The lowest BCUT2D eigenvalue weighted by molar-refractivity contribution is 0.332. The normalized spacial score (nSPS) is 23.6. The van der Waals surface area contributed by atoms with Gasteiger partial charge < -0.3 is 0 Å². The van der Waals surface area contributed by atoms with Gasteiger partial charge in [-0.25, -0.2) is 0 Å². The van der Waals surface area contributed by atoms with Crippen molar-refractivity contribution in [3.63, 3.8) is 0 Å². The van der Waals surface area contributed by atoms with Crippen molar-refractivity contribution in [2.45, 2.75) is 17.8 Å². The number of hydrogen-bond acceptors (Lipinski definition) is 2. The fourth-order valence-electron chi connectivity index (χ4n) is 1.68. The molecule has 2 rings (SSSR count). The molecule has 0 amide bonds. The van der Waals surface area contributed by atoms with Gasteiger partial charge in [0.2, 0.25) is 0 Å². The highest BCUT2D eigenvalue weighted by Crippen LogP contribution is 2.18. The van der Waals surface area contributed by atoms with Crippen molar-refractivity contribution in [2.24, 2.45) is 0 Å². The molecule has 1 unspecified atom stereocenters. The van der Waals surface area contributed by atoms with E-state index in [-0.39, 0.29) is 0 Å². The first-order valence-corrected chi connectivity index (χ1v) is 5.51. The van der Waals surface area contributed by atoms with Crippen LogP contribution in [0.4, 0.5) is 0 Å². The Kier molecular flexibility index (Phi) is 2.96. The predicted molar refractivity (Wildman–Crippen MR) is 56.8 cm³/mol. The summed E-state index contributed by atoms with van der Waals surface area (Å²) in [6.07, 6.45) is 4.99. The molecule has 2 nitrogen and oxygen atoms in total. The minimum atomic E-state index is 0.689. The van der Waals surface area contributed by atoms with Crippen LogP contribution < -0.4 is 0 Å². The highest BCUT2D eigenvalue weighted by Gasteiger charge is 2.19. The van der Waals surface area contributed by atoms with Crippen LogP contribution in [0.15, 0.2) is 24.5 Å². The lowest BCUT2D eigenvalue weighted by Crippen LogP contribution is -2.19. The van der Waals surface area contributed by atoms with E-state index in [4.69, 9.17) is 0 Å². The molecule has 13 heavy (non-hydrogen) atoms. The van der Waals surface area contributed by atoms with Crippen LogP contribution in [0.2, 0.25) is 0 Å². The van der Waals surface area contributed by atoms with Crippen molar-refractivity contribution < 1.29 is 0 Å². The van der Waals surface area contributed by atoms with Crippen molar-refractivity contribution in [1.82, 2.24) is 9.88 Å². The maximum Gasteiger partial charge on any atom is 0.0285 e. The topological polar surface area (TPSA) is 16.1 Å². The lowest BCUT2D eigenvalue weighted by Gasteiger charge is -2.14. The molecule has 1 aliphatic heterocycles. The second-order valence-corrected chi connectivity index (χ2v) is 4.77. The molecule has 0 spiro atoms. The summed E-state index contributed by atoms with van der Waals surface area (Å²) >= 11 is 3.64. The number of hydrogen-bond donors (Lipinski definition) is 0. The number of halogens is 1. The zero-order valence-corrected chi connectivity index (χ0v) is 9.07. The molecule has 0 saturated carbocycles. The van der Waals surface area contributed by atoms with Crippen LogP contribution in [-0.4, -0.2) is 27.8 Å². The second-order valence-electron chi connectivity index (χ2n) is 3.48. The van der Waals surface area contributed by atoms with Gasteiger partial charge in [-0.3, -0.25) is 9.88 Å². The molecule has 70 valence electrons. The summed E-state index contributed by atoms with van der Waals surface area (Å²) < 4.78 is 0. The van der Waals surface area contributed by atoms with E-state index in [1.807, 2.05) is 12.4 Å². The third kappa shape index (κ3) is 2.51. The monoisotopic (exact) mass is 240 g/mol. The van der Waals surface area contributed by atoms with Crippen LogP contribution in [0.25, 0.3) is 0 Å². The third-order valence-corrected chi connectivity index (χ3v) is 3.12. The predicted octanol–water partition coefficient (Wildman–Crippen LogP) is 2.05. The Morgan fingerprint density at radius 1 is 1.46 bits per heavy atom. The quantitative estimate of drug-likeness (QED) is 0.736. The first-order valence-electron chi connectivity index (χ1n) is 4.60. The van der Waals surface area contributed by atoms with Crippen LogP contribution in [0.5, 0.6) is 0 Å². The van der Waals surface area contributed by atoms with Crippen molar-refractivity contribution >= 4 is 15.9 Å². The number of likely N-dealkylation sites (tertiary alicyclic amines) is 1. The van der Waals surface area contributed by atoms with E-state index in [1.165, 1.54) is 25.1 Å². The molecule has 0 bridgehead atoms. The summed E-state index contributed by atoms with van der Waals surface area (Å²) in [7, 11) is 0. The van der Waals surface area contributed by atoms with Crippen LogP contribution in [0.3, 0.4) is 0 Å². The van der Waals surface area contributed by atoms with E-state index in [0.29, 0.717) is 4.83 Å². The largest absolute Gasteiger partial charge is 0.298 e. The highest BCUT2D eigenvalue weighted by molar-refractivity contribution is 9.09. The summed E-state index contributed by atoms with van der Waals surface area (Å²) in [5, 5.41) is 0. The maximum absolute atomic E-state index is 4.01. The summed E-state index contributed by atoms with van der Waals surface area (Å²) in [6, 6.07) is 4.17. The van der Waals surface area contributed by atoms with Gasteiger partial charge in [-0.05, 0) is 30.7 Å². The van der Waals surface area contributed by atoms with Gasteiger partial charge >= 0.3 is 0 Å². The molecule has 1 aromatic heterocycles. The van der Waals surface area contributed by atoms with Crippen LogP contribution in [0.1, 0.15) is 12.0 Å². The molecule has 0 radical (unpaired) electrons. The van der Waals surface area contributed by atoms with Crippen LogP contribution >= 0.6 is 15.9 Å². The zero-order chi connectivity index (χ0) is 9.10. The Bertz CT molecular complexity index is 263. The average molecular weight is 241 g/mol. The second kappa shape index (κ2) is 4.20. The van der Waals surface area contributed by atoms with Crippen LogP contribution in [-0.2, 0) is 6.54 Å². The smallest absolute Gasteiger partial charge is 0.0285 e. The SMILES string of the molecule is BrC1CCN(Cc2ccncc2)C1. The summed E-state index contributed by atoms with van der Waals surface area (Å²) in [4.78, 5) is 7.16. The lowest BCUT2D eigenvalue weighted by atomic mass is 10.2. The first-order chi connectivity index (χ1) is 6.34. The third-order valence-electron chi connectivity index (χ3n) is 2.37. The van der Waals surface area contributed by atoms with Crippen molar-refractivity contribution in [3.8, 4) is 0 Å². The summed E-state index contributed by atoms with van der Waals surface area (Å²) in [5.41, 5.74) is 1.36. The fraction of sp³-hybridized carbons (Fsp3) is 0.500. The Hall–Kier alpha value is -0.410. The number of pyridine rings is 1. The van der Waals surface area contributed by atoms with Gasteiger partial charge in [0.05, 0.1) is 0 Å². The number of nitrogens with zero attached hydrogens (tertiary/aromatic N) is 2. The standard InChI is InChI=1S/C10H13BrN2/c11-10-3-6-13(8-10)7-9-1-4-12-5-2-9/h1-2,4-5,10H,3,6-8H2. The molecule has 1 aliphatic rings. The van der Waals surface area contributed by atoms with Gasteiger partial charge in [0.15, 0.2) is 0 Å². The van der Waals surface area contributed by atoms with Crippen LogP contribution in [0, 0.1) is 0 Å². The highest BCUT2D eigenvalue weighted by atomic mass is 79.9. The Balaban J connectivity index is 1.92. The molecule has 1 fully saturated rings. The van der Waals surface area contributed by atoms with E-state index >= 15 is 0 Å². The van der Waals surface area contributed by atoms with E-state index in [9.17, 15) is 0 Å². The maximum atomic E-state index is 4.01. The van der Waals surface area contributed by atoms with E-state index < -0.39 is 0 Å². The molecule has 0 aromatic carbocycles. The number of aromatic nitrogens is 1. The minimum absolute atomic E-state index is 0.689. The molecular weight excluding hydrogens is 228 g/mol. The molecule has 1 atom stereocenters. The Morgan fingerprint density at radius 2 is 2.23 bits per heavy atom. The fourth-order valence-corrected chi connectivity index (χ4v) is 2.29. The molecule has 1 aromatic rings. The van der Waals surface area contributed by atoms with Gasteiger partial charge in [-0.1, -0.05) is 15.9 Å². The number of alkyl halides is 1. The number of rotatable bonds is 2. The molecular formula is C10H13BrN2.